The predicted molar refractivity (Wildman–Crippen MR) is 62.1 cm³/mol. The molecular weight excluding hydrogens is 202 g/mol. The lowest BCUT2D eigenvalue weighted by atomic mass is 10.3. The van der Waals surface area contributed by atoms with Gasteiger partial charge in [0.1, 0.15) is 13.1 Å². The number of nitrogens with zero attached hydrogens (tertiary/aromatic N) is 3. The second-order valence-corrected chi connectivity index (χ2v) is 2.95. The average molecular weight is 213 g/mol. The van der Waals surface area contributed by atoms with Crippen LogP contribution in [-0.2, 0) is 4.74 Å². The van der Waals surface area contributed by atoms with Crippen LogP contribution in [0.3, 0.4) is 0 Å². The molecule has 16 heavy (non-hydrogen) atoms. The van der Waals surface area contributed by atoms with E-state index in [9.17, 15) is 0 Å². The van der Waals surface area contributed by atoms with Crippen molar-refractivity contribution in [3.8, 4) is 0 Å². The van der Waals surface area contributed by atoms with E-state index in [1.807, 2.05) is 30.3 Å². The van der Waals surface area contributed by atoms with Gasteiger partial charge in [-0.2, -0.15) is 0 Å². The van der Waals surface area contributed by atoms with E-state index in [1.165, 1.54) is 7.11 Å². The van der Waals surface area contributed by atoms with Crippen molar-refractivity contribution >= 4 is 5.69 Å². The largest absolute Gasteiger partial charge is 0.579 e. The summed E-state index contributed by atoms with van der Waals surface area (Å²) in [6, 6.07) is 9.43. The van der Waals surface area contributed by atoms with Crippen molar-refractivity contribution in [2.24, 2.45) is 0 Å². The van der Waals surface area contributed by atoms with Crippen LogP contribution in [0.5, 0.6) is 0 Å². The Hall–Kier alpha value is -2.46. The maximum absolute atomic E-state index is 6.90. The van der Waals surface area contributed by atoms with Crippen molar-refractivity contribution < 1.29 is 4.74 Å². The van der Waals surface area contributed by atoms with Crippen LogP contribution in [0.2, 0.25) is 0 Å². The summed E-state index contributed by atoms with van der Waals surface area (Å²) in [5.41, 5.74) is 0.865. The third kappa shape index (κ3) is 2.31. The number of anilines is 1. The molecule has 80 valence electrons. The SMILES string of the molecule is [C-]#[N+]C([N+]#[C-])=C(OC)N(C)c1ccccc1. The van der Waals surface area contributed by atoms with Gasteiger partial charge in [0.25, 0.3) is 5.88 Å². The molecule has 1 rings (SSSR count). The third-order valence-electron chi connectivity index (χ3n) is 2.04. The molecule has 4 nitrogen and oxygen atoms in total. The second kappa shape index (κ2) is 5.43. The Bertz CT molecular complexity index is 449. The van der Waals surface area contributed by atoms with Gasteiger partial charge in [-0.15, -0.1) is 9.69 Å². The van der Waals surface area contributed by atoms with E-state index in [0.29, 0.717) is 0 Å². The molecule has 0 atom stereocenters. The first-order chi connectivity index (χ1) is 7.74. The lowest BCUT2D eigenvalue weighted by molar-refractivity contribution is 0.280. The monoisotopic (exact) mass is 213 g/mol. The molecule has 0 aliphatic carbocycles. The molecule has 1 aromatic rings. The molecule has 0 aliphatic heterocycles. The number of para-hydroxylation sites is 1. The van der Waals surface area contributed by atoms with Crippen LogP contribution in [0.15, 0.2) is 42.0 Å². The number of benzene rings is 1. The maximum Gasteiger partial charge on any atom is 0.579 e. The summed E-state index contributed by atoms with van der Waals surface area (Å²) in [7, 11) is 3.20. The quantitative estimate of drug-likeness (QED) is 0.568. The molecule has 0 bridgehead atoms. The van der Waals surface area contributed by atoms with Gasteiger partial charge in [-0.1, -0.05) is 18.2 Å². The minimum Gasteiger partial charge on any atom is -0.485 e. The Morgan fingerprint density at radius 1 is 1.19 bits per heavy atom. The molecule has 0 aromatic heterocycles. The Morgan fingerprint density at radius 2 is 1.75 bits per heavy atom. The van der Waals surface area contributed by atoms with Gasteiger partial charge < -0.3 is 9.64 Å². The van der Waals surface area contributed by atoms with Crippen LogP contribution in [-0.4, -0.2) is 14.2 Å². The van der Waals surface area contributed by atoms with E-state index in [4.69, 9.17) is 17.9 Å². The zero-order valence-electron chi connectivity index (χ0n) is 9.14. The number of rotatable bonds is 3. The van der Waals surface area contributed by atoms with E-state index in [2.05, 4.69) is 9.69 Å². The highest BCUT2D eigenvalue weighted by molar-refractivity contribution is 5.51. The number of ether oxygens (including phenoxy) is 1. The van der Waals surface area contributed by atoms with Crippen molar-refractivity contribution in [2.75, 3.05) is 19.1 Å². The van der Waals surface area contributed by atoms with Gasteiger partial charge in [0, 0.05) is 12.7 Å². The predicted octanol–water partition coefficient (Wildman–Crippen LogP) is 2.73. The van der Waals surface area contributed by atoms with Crippen molar-refractivity contribution in [3.63, 3.8) is 0 Å². The van der Waals surface area contributed by atoms with Crippen LogP contribution in [0.4, 0.5) is 5.69 Å². The van der Waals surface area contributed by atoms with E-state index in [-0.39, 0.29) is 11.7 Å². The van der Waals surface area contributed by atoms with Crippen LogP contribution < -0.4 is 4.90 Å². The van der Waals surface area contributed by atoms with E-state index >= 15 is 0 Å². The molecule has 0 unspecified atom stereocenters. The van der Waals surface area contributed by atoms with Crippen LogP contribution >= 0.6 is 0 Å². The minimum absolute atomic E-state index is 0.0751. The van der Waals surface area contributed by atoms with Crippen molar-refractivity contribution in [1.82, 2.24) is 0 Å². The van der Waals surface area contributed by atoms with Crippen molar-refractivity contribution in [1.29, 1.82) is 0 Å². The summed E-state index contributed by atoms with van der Waals surface area (Å²) in [5, 5.41) is 0. The number of methoxy groups -OCH3 is 1. The first kappa shape index (κ1) is 11.6. The summed E-state index contributed by atoms with van der Waals surface area (Å²) < 4.78 is 5.09. The highest BCUT2D eigenvalue weighted by atomic mass is 16.5. The molecule has 0 radical (unpaired) electrons. The first-order valence-electron chi connectivity index (χ1n) is 4.56. The summed E-state index contributed by atoms with van der Waals surface area (Å²) >= 11 is 0. The zero-order chi connectivity index (χ0) is 12.0. The first-order valence-corrected chi connectivity index (χ1v) is 4.56. The Labute approximate surface area is 95.0 Å². The van der Waals surface area contributed by atoms with Gasteiger partial charge in [-0.05, 0) is 12.1 Å². The zero-order valence-corrected chi connectivity index (χ0v) is 9.14. The highest BCUT2D eigenvalue weighted by Gasteiger charge is 2.20. The van der Waals surface area contributed by atoms with Crippen LogP contribution in [0, 0.1) is 13.1 Å². The van der Waals surface area contributed by atoms with Gasteiger partial charge >= 0.3 is 5.82 Å². The summed E-state index contributed by atoms with van der Waals surface area (Å²) in [4.78, 5) is 7.94. The molecule has 0 heterocycles. The Kier molecular flexibility index (Phi) is 3.94. The van der Waals surface area contributed by atoms with E-state index in [1.54, 1.807) is 11.9 Å². The number of hydrogen-bond acceptors (Lipinski definition) is 2. The summed E-state index contributed by atoms with van der Waals surface area (Å²) in [5.74, 6) is 0.185. The van der Waals surface area contributed by atoms with E-state index < -0.39 is 0 Å². The van der Waals surface area contributed by atoms with Gasteiger partial charge in [-0.25, -0.2) is 0 Å². The average Bonchev–Trinajstić information content (AvgIpc) is 2.36. The third-order valence-corrected chi connectivity index (χ3v) is 2.04. The van der Waals surface area contributed by atoms with Crippen LogP contribution in [0.25, 0.3) is 9.69 Å². The number of hydrogen-bond donors (Lipinski definition) is 0. The molecule has 0 N–H and O–H groups in total. The van der Waals surface area contributed by atoms with Crippen LogP contribution in [0.1, 0.15) is 0 Å². The lowest BCUT2D eigenvalue weighted by Crippen LogP contribution is -2.18. The summed E-state index contributed by atoms with van der Waals surface area (Å²) in [6.07, 6.45) is 0. The molecule has 4 heteroatoms. The second-order valence-electron chi connectivity index (χ2n) is 2.95. The smallest absolute Gasteiger partial charge is 0.485 e. The molecule has 0 saturated heterocycles. The molecule has 0 saturated carbocycles. The van der Waals surface area contributed by atoms with Gasteiger partial charge in [0.05, 0.1) is 7.11 Å². The van der Waals surface area contributed by atoms with Crippen molar-refractivity contribution in [3.05, 3.63) is 64.9 Å². The molecule has 1 aromatic carbocycles. The molecule has 0 amide bonds. The normalized spacial score (nSPS) is 8.50. The van der Waals surface area contributed by atoms with Gasteiger partial charge in [-0.3, -0.25) is 0 Å². The Morgan fingerprint density at radius 3 is 2.19 bits per heavy atom. The topological polar surface area (TPSA) is 21.2 Å². The fraction of sp³-hybridized carbons (Fsp3) is 0.167. The van der Waals surface area contributed by atoms with Crippen molar-refractivity contribution in [2.45, 2.75) is 0 Å². The molecular formula is C12H11N3O. The van der Waals surface area contributed by atoms with E-state index in [0.717, 1.165) is 5.69 Å². The maximum atomic E-state index is 6.90. The standard InChI is InChI=1S/C12H11N3O/c1-13-11(14-2)12(16-4)15(3)10-8-6-5-7-9-10/h5-9H,3-4H3. The highest BCUT2D eigenvalue weighted by Crippen LogP contribution is 2.20. The summed E-state index contributed by atoms with van der Waals surface area (Å²) in [6.45, 7) is 13.8. The fourth-order valence-electron chi connectivity index (χ4n) is 1.27. The van der Waals surface area contributed by atoms with Gasteiger partial charge in [0.2, 0.25) is 0 Å². The minimum atomic E-state index is -0.0751. The molecule has 0 fully saturated rings. The fourth-order valence-corrected chi connectivity index (χ4v) is 1.27. The lowest BCUT2D eigenvalue weighted by Gasteiger charge is -2.18. The molecule has 0 aliphatic rings. The molecule has 0 spiro atoms. The van der Waals surface area contributed by atoms with Gasteiger partial charge in [0.15, 0.2) is 0 Å². The Balaban J connectivity index is 3.15.